The number of fused-ring (bicyclic) bond motifs is 1. The van der Waals surface area contributed by atoms with Gasteiger partial charge >= 0.3 is 0 Å². The van der Waals surface area contributed by atoms with Crippen LogP contribution in [0.4, 0.5) is 0 Å². The van der Waals surface area contributed by atoms with E-state index in [1.807, 2.05) is 24.3 Å². The number of para-hydroxylation sites is 1. The minimum absolute atomic E-state index is 0.446. The zero-order valence-corrected chi connectivity index (χ0v) is 8.66. The average Bonchev–Trinajstić information content (AvgIpc) is 2.87. The number of hydrogen-bond acceptors (Lipinski definition) is 5. The zero-order valence-electron chi connectivity index (χ0n) is 8.66. The highest BCUT2D eigenvalue weighted by Gasteiger charge is 2.07. The Morgan fingerprint density at radius 2 is 2.06 bits per heavy atom. The van der Waals surface area contributed by atoms with Crippen LogP contribution in [-0.2, 0) is 6.54 Å². The Morgan fingerprint density at radius 3 is 2.88 bits per heavy atom. The fourth-order valence-electron chi connectivity index (χ4n) is 1.56. The third-order valence-corrected chi connectivity index (χ3v) is 2.27. The summed E-state index contributed by atoms with van der Waals surface area (Å²) in [5.74, 6) is 1.09. The van der Waals surface area contributed by atoms with Crippen molar-refractivity contribution in [2.24, 2.45) is 0 Å². The van der Waals surface area contributed by atoms with Gasteiger partial charge in [-0.15, -0.1) is 15.3 Å². The molecular formula is C10H9N5O. The predicted molar refractivity (Wildman–Crippen MR) is 55.7 cm³/mol. The van der Waals surface area contributed by atoms with E-state index >= 15 is 0 Å². The van der Waals surface area contributed by atoms with Crippen LogP contribution in [0.5, 0.6) is 0 Å². The first-order chi connectivity index (χ1) is 7.83. The van der Waals surface area contributed by atoms with E-state index in [-0.39, 0.29) is 0 Å². The molecule has 6 heteroatoms. The van der Waals surface area contributed by atoms with Crippen LogP contribution in [0.25, 0.3) is 11.0 Å². The molecule has 0 aliphatic carbocycles. The lowest BCUT2D eigenvalue weighted by molar-refractivity contribution is 0.444. The van der Waals surface area contributed by atoms with Gasteiger partial charge in [0.1, 0.15) is 12.1 Å². The van der Waals surface area contributed by atoms with E-state index in [0.29, 0.717) is 18.3 Å². The maximum Gasteiger partial charge on any atom is 0.238 e. The molecule has 16 heavy (non-hydrogen) atoms. The Labute approximate surface area is 90.9 Å². The molecule has 1 aromatic carbocycles. The highest BCUT2D eigenvalue weighted by atomic mass is 16.4. The SMILES string of the molecule is Cc1nnc(Cn2nnc3ccccc32)o1. The normalized spacial score (nSPS) is 11.1. The van der Waals surface area contributed by atoms with Gasteiger partial charge in [0, 0.05) is 6.92 Å². The molecular weight excluding hydrogens is 206 g/mol. The van der Waals surface area contributed by atoms with Crippen LogP contribution in [0, 0.1) is 6.92 Å². The summed E-state index contributed by atoms with van der Waals surface area (Å²) in [6.45, 7) is 2.21. The van der Waals surface area contributed by atoms with Crippen molar-refractivity contribution in [2.45, 2.75) is 13.5 Å². The van der Waals surface area contributed by atoms with Gasteiger partial charge in [-0.2, -0.15) is 0 Å². The first-order valence-electron chi connectivity index (χ1n) is 4.90. The first kappa shape index (κ1) is 9.02. The number of rotatable bonds is 2. The molecule has 0 radical (unpaired) electrons. The van der Waals surface area contributed by atoms with Crippen LogP contribution in [0.3, 0.4) is 0 Å². The van der Waals surface area contributed by atoms with E-state index < -0.39 is 0 Å². The summed E-state index contributed by atoms with van der Waals surface area (Å²) < 4.78 is 7.03. The molecule has 0 atom stereocenters. The zero-order chi connectivity index (χ0) is 11.0. The van der Waals surface area contributed by atoms with Crippen molar-refractivity contribution in [1.82, 2.24) is 25.2 Å². The quantitative estimate of drug-likeness (QED) is 0.641. The number of nitrogens with zero attached hydrogens (tertiary/aromatic N) is 5. The van der Waals surface area contributed by atoms with Crippen LogP contribution in [0.15, 0.2) is 28.7 Å². The molecule has 0 aliphatic heterocycles. The highest BCUT2D eigenvalue weighted by Crippen LogP contribution is 2.11. The molecule has 0 fully saturated rings. The van der Waals surface area contributed by atoms with Gasteiger partial charge in [-0.25, -0.2) is 4.68 Å². The van der Waals surface area contributed by atoms with Crippen molar-refractivity contribution in [1.29, 1.82) is 0 Å². The fourth-order valence-corrected chi connectivity index (χ4v) is 1.56. The van der Waals surface area contributed by atoms with Crippen molar-refractivity contribution in [2.75, 3.05) is 0 Å². The van der Waals surface area contributed by atoms with Crippen molar-refractivity contribution < 1.29 is 4.42 Å². The summed E-state index contributed by atoms with van der Waals surface area (Å²) in [5.41, 5.74) is 1.82. The average molecular weight is 215 g/mol. The molecule has 2 heterocycles. The monoisotopic (exact) mass is 215 g/mol. The summed E-state index contributed by atoms with van der Waals surface area (Å²) in [6.07, 6.45) is 0. The van der Waals surface area contributed by atoms with Crippen molar-refractivity contribution in [3.63, 3.8) is 0 Å². The van der Waals surface area contributed by atoms with Gasteiger partial charge in [-0.3, -0.25) is 0 Å². The standard InChI is InChI=1S/C10H9N5O/c1-7-11-13-10(16-7)6-15-9-5-3-2-4-8(9)12-14-15/h2-5H,6H2,1H3. The topological polar surface area (TPSA) is 69.6 Å². The van der Waals surface area contributed by atoms with E-state index in [0.717, 1.165) is 11.0 Å². The van der Waals surface area contributed by atoms with Crippen LogP contribution < -0.4 is 0 Å². The molecule has 80 valence electrons. The molecule has 0 bridgehead atoms. The van der Waals surface area contributed by atoms with Crippen LogP contribution in [-0.4, -0.2) is 25.2 Å². The second-order valence-electron chi connectivity index (χ2n) is 3.45. The molecule has 0 saturated heterocycles. The van der Waals surface area contributed by atoms with Gasteiger partial charge in [0.2, 0.25) is 11.8 Å². The lowest BCUT2D eigenvalue weighted by Crippen LogP contribution is -2.02. The lowest BCUT2D eigenvalue weighted by Gasteiger charge is -1.96. The molecule has 2 aromatic heterocycles. The molecule has 3 aromatic rings. The second-order valence-corrected chi connectivity index (χ2v) is 3.45. The first-order valence-corrected chi connectivity index (χ1v) is 4.90. The molecule has 0 unspecified atom stereocenters. The summed E-state index contributed by atoms with van der Waals surface area (Å²) >= 11 is 0. The molecule has 0 spiro atoms. The van der Waals surface area contributed by atoms with Gasteiger partial charge in [-0.1, -0.05) is 17.3 Å². The van der Waals surface area contributed by atoms with Crippen molar-refractivity contribution >= 4 is 11.0 Å². The van der Waals surface area contributed by atoms with Crippen molar-refractivity contribution in [3.05, 3.63) is 36.0 Å². The summed E-state index contributed by atoms with van der Waals surface area (Å²) in [6, 6.07) is 7.75. The van der Waals surface area contributed by atoms with Crippen LogP contribution >= 0.6 is 0 Å². The van der Waals surface area contributed by atoms with E-state index in [9.17, 15) is 0 Å². The van der Waals surface area contributed by atoms with E-state index in [1.165, 1.54) is 0 Å². The Bertz CT molecular complexity index is 627. The molecule has 0 amide bonds. The number of aromatic nitrogens is 5. The van der Waals surface area contributed by atoms with Gasteiger partial charge < -0.3 is 4.42 Å². The van der Waals surface area contributed by atoms with Gasteiger partial charge in [0.25, 0.3) is 0 Å². The smallest absolute Gasteiger partial charge is 0.238 e. The molecule has 3 rings (SSSR count). The van der Waals surface area contributed by atoms with E-state index in [1.54, 1.807) is 11.6 Å². The number of benzene rings is 1. The Balaban J connectivity index is 2.00. The maximum absolute atomic E-state index is 5.29. The molecule has 0 saturated carbocycles. The highest BCUT2D eigenvalue weighted by molar-refractivity contribution is 5.73. The Morgan fingerprint density at radius 1 is 1.19 bits per heavy atom. The summed E-state index contributed by atoms with van der Waals surface area (Å²) in [7, 11) is 0. The minimum Gasteiger partial charge on any atom is -0.424 e. The van der Waals surface area contributed by atoms with Gasteiger partial charge in [0.05, 0.1) is 5.52 Å². The number of aryl methyl sites for hydroxylation is 1. The molecule has 0 N–H and O–H groups in total. The Hall–Kier alpha value is -2.24. The fraction of sp³-hybridized carbons (Fsp3) is 0.200. The largest absolute Gasteiger partial charge is 0.424 e. The van der Waals surface area contributed by atoms with Crippen LogP contribution in [0.2, 0.25) is 0 Å². The molecule has 0 aliphatic rings. The predicted octanol–water partition coefficient (Wildman–Crippen LogP) is 1.17. The molecule has 6 nitrogen and oxygen atoms in total. The maximum atomic E-state index is 5.29. The van der Waals surface area contributed by atoms with E-state index in [2.05, 4.69) is 20.5 Å². The Kier molecular flexibility index (Phi) is 1.92. The van der Waals surface area contributed by atoms with Gasteiger partial charge in [-0.05, 0) is 12.1 Å². The summed E-state index contributed by atoms with van der Waals surface area (Å²) in [4.78, 5) is 0. The number of hydrogen-bond donors (Lipinski definition) is 0. The van der Waals surface area contributed by atoms with Crippen molar-refractivity contribution in [3.8, 4) is 0 Å². The van der Waals surface area contributed by atoms with Gasteiger partial charge in [0.15, 0.2) is 0 Å². The second kappa shape index (κ2) is 3.41. The van der Waals surface area contributed by atoms with E-state index in [4.69, 9.17) is 4.42 Å². The minimum atomic E-state index is 0.446. The third-order valence-electron chi connectivity index (χ3n) is 2.27. The lowest BCUT2D eigenvalue weighted by atomic mass is 10.3. The third kappa shape index (κ3) is 1.44. The summed E-state index contributed by atoms with van der Waals surface area (Å²) in [5, 5.41) is 15.8. The van der Waals surface area contributed by atoms with Crippen LogP contribution in [0.1, 0.15) is 11.8 Å².